The molecule has 0 aromatic heterocycles. The van der Waals surface area contributed by atoms with E-state index in [1.165, 1.54) is 11.1 Å². The Kier molecular flexibility index (Phi) is 3.30. The highest BCUT2D eigenvalue weighted by Crippen LogP contribution is 2.21. The highest BCUT2D eigenvalue weighted by Gasteiger charge is 2.08. The van der Waals surface area contributed by atoms with E-state index in [1.54, 1.807) is 0 Å². The van der Waals surface area contributed by atoms with Gasteiger partial charge in [-0.25, -0.2) is 0 Å². The summed E-state index contributed by atoms with van der Waals surface area (Å²) in [7, 11) is 0. The largest absolute Gasteiger partial charge is 0.396 e. The van der Waals surface area contributed by atoms with Crippen LogP contribution in [0.4, 0.5) is 0 Å². The Morgan fingerprint density at radius 2 is 2.00 bits per heavy atom. The summed E-state index contributed by atoms with van der Waals surface area (Å²) in [5.74, 6) is 0.311. The lowest BCUT2D eigenvalue weighted by atomic mass is 9.93. The molecule has 12 heavy (non-hydrogen) atoms. The van der Waals surface area contributed by atoms with Gasteiger partial charge in [-0.3, -0.25) is 0 Å². The minimum absolute atomic E-state index is 0.251. The highest BCUT2D eigenvalue weighted by atomic mass is 16.3. The standard InChI is InChI=1S/C11H16O/c1-3-10(8-12)11-7-5-4-6-9(11)2/h4-7,10,12H,3,8H2,1-2H3. The van der Waals surface area contributed by atoms with Crippen molar-refractivity contribution in [1.82, 2.24) is 0 Å². The normalized spacial score (nSPS) is 12.9. The molecule has 1 nitrogen and oxygen atoms in total. The third kappa shape index (κ3) is 1.86. The third-order valence-corrected chi connectivity index (χ3v) is 2.34. The van der Waals surface area contributed by atoms with E-state index < -0.39 is 0 Å². The number of hydrogen-bond acceptors (Lipinski definition) is 1. The van der Waals surface area contributed by atoms with Gasteiger partial charge in [-0.1, -0.05) is 31.2 Å². The van der Waals surface area contributed by atoms with Crippen molar-refractivity contribution in [3.05, 3.63) is 35.4 Å². The molecule has 0 saturated carbocycles. The van der Waals surface area contributed by atoms with Crippen LogP contribution in [0.2, 0.25) is 0 Å². The van der Waals surface area contributed by atoms with E-state index in [-0.39, 0.29) is 6.61 Å². The Morgan fingerprint density at radius 3 is 2.50 bits per heavy atom. The maximum atomic E-state index is 9.10. The van der Waals surface area contributed by atoms with Gasteiger partial charge < -0.3 is 5.11 Å². The Balaban J connectivity index is 2.92. The second-order valence-corrected chi connectivity index (χ2v) is 3.14. The van der Waals surface area contributed by atoms with Crippen LogP contribution >= 0.6 is 0 Å². The predicted octanol–water partition coefficient (Wildman–Crippen LogP) is 2.48. The maximum absolute atomic E-state index is 9.10. The number of hydrogen-bond donors (Lipinski definition) is 1. The van der Waals surface area contributed by atoms with Crippen molar-refractivity contribution in [3.8, 4) is 0 Å². The minimum atomic E-state index is 0.251. The number of aryl methyl sites for hydroxylation is 1. The van der Waals surface area contributed by atoms with Crippen molar-refractivity contribution < 1.29 is 5.11 Å². The molecule has 1 aromatic rings. The summed E-state index contributed by atoms with van der Waals surface area (Å²) in [4.78, 5) is 0. The zero-order valence-corrected chi connectivity index (χ0v) is 7.75. The summed E-state index contributed by atoms with van der Waals surface area (Å²) in [5.41, 5.74) is 2.56. The van der Waals surface area contributed by atoms with Crippen LogP contribution in [0.25, 0.3) is 0 Å². The lowest BCUT2D eigenvalue weighted by Crippen LogP contribution is -2.04. The van der Waals surface area contributed by atoms with E-state index in [9.17, 15) is 0 Å². The summed E-state index contributed by atoms with van der Waals surface area (Å²) in [6, 6.07) is 8.25. The first-order valence-corrected chi connectivity index (χ1v) is 4.46. The Bertz CT molecular complexity index is 239. The molecule has 0 heterocycles. The lowest BCUT2D eigenvalue weighted by Gasteiger charge is -2.14. The van der Waals surface area contributed by atoms with E-state index in [4.69, 9.17) is 5.11 Å². The zero-order chi connectivity index (χ0) is 8.97. The van der Waals surface area contributed by atoms with Gasteiger partial charge >= 0.3 is 0 Å². The first-order valence-electron chi connectivity index (χ1n) is 4.46. The van der Waals surface area contributed by atoms with Gasteiger partial charge in [0.05, 0.1) is 0 Å². The Labute approximate surface area is 74.1 Å². The molecule has 1 atom stereocenters. The van der Waals surface area contributed by atoms with Crippen LogP contribution in [0.15, 0.2) is 24.3 Å². The molecule has 0 bridgehead atoms. The summed E-state index contributed by atoms with van der Waals surface area (Å²) >= 11 is 0. The fraction of sp³-hybridized carbons (Fsp3) is 0.455. The molecule has 1 heteroatoms. The van der Waals surface area contributed by atoms with Gasteiger partial charge in [-0.05, 0) is 24.5 Å². The second-order valence-electron chi connectivity index (χ2n) is 3.14. The molecular weight excluding hydrogens is 148 g/mol. The number of benzene rings is 1. The van der Waals surface area contributed by atoms with Crippen LogP contribution in [0.1, 0.15) is 30.4 Å². The SMILES string of the molecule is CCC(CO)c1ccccc1C. The van der Waals surface area contributed by atoms with E-state index in [1.807, 2.05) is 12.1 Å². The van der Waals surface area contributed by atoms with Gasteiger partial charge in [0.15, 0.2) is 0 Å². The zero-order valence-electron chi connectivity index (χ0n) is 7.75. The lowest BCUT2D eigenvalue weighted by molar-refractivity contribution is 0.262. The van der Waals surface area contributed by atoms with Gasteiger partial charge in [0, 0.05) is 12.5 Å². The molecule has 1 rings (SSSR count). The Morgan fingerprint density at radius 1 is 1.33 bits per heavy atom. The second kappa shape index (κ2) is 4.27. The van der Waals surface area contributed by atoms with Gasteiger partial charge in [0.2, 0.25) is 0 Å². The van der Waals surface area contributed by atoms with E-state index >= 15 is 0 Å². The molecule has 0 fully saturated rings. The van der Waals surface area contributed by atoms with E-state index in [0.717, 1.165) is 6.42 Å². The first kappa shape index (κ1) is 9.27. The van der Waals surface area contributed by atoms with Crippen molar-refractivity contribution in [2.75, 3.05) is 6.61 Å². The number of aliphatic hydroxyl groups is 1. The van der Waals surface area contributed by atoms with Gasteiger partial charge in [0.25, 0.3) is 0 Å². The molecule has 0 amide bonds. The smallest absolute Gasteiger partial charge is 0.0499 e. The molecule has 0 saturated heterocycles. The van der Waals surface area contributed by atoms with Crippen molar-refractivity contribution in [2.45, 2.75) is 26.2 Å². The molecule has 0 spiro atoms. The van der Waals surface area contributed by atoms with Crippen LogP contribution < -0.4 is 0 Å². The van der Waals surface area contributed by atoms with Gasteiger partial charge in [0.1, 0.15) is 0 Å². The van der Waals surface area contributed by atoms with Crippen molar-refractivity contribution in [2.24, 2.45) is 0 Å². The van der Waals surface area contributed by atoms with E-state index in [2.05, 4.69) is 26.0 Å². The molecule has 0 aliphatic rings. The predicted molar refractivity (Wildman–Crippen MR) is 51.3 cm³/mol. The number of aliphatic hydroxyl groups excluding tert-OH is 1. The van der Waals surface area contributed by atoms with Crippen molar-refractivity contribution >= 4 is 0 Å². The van der Waals surface area contributed by atoms with Crippen LogP contribution in [0.5, 0.6) is 0 Å². The summed E-state index contributed by atoms with van der Waals surface area (Å²) in [6.07, 6.45) is 1.00. The Hall–Kier alpha value is -0.820. The van der Waals surface area contributed by atoms with Crippen LogP contribution in [0.3, 0.4) is 0 Å². The quantitative estimate of drug-likeness (QED) is 0.727. The van der Waals surface area contributed by atoms with Gasteiger partial charge in [-0.2, -0.15) is 0 Å². The molecule has 0 aliphatic carbocycles. The summed E-state index contributed by atoms with van der Waals surface area (Å²) in [5, 5.41) is 9.10. The maximum Gasteiger partial charge on any atom is 0.0499 e. The highest BCUT2D eigenvalue weighted by molar-refractivity contribution is 5.28. The van der Waals surface area contributed by atoms with E-state index in [0.29, 0.717) is 5.92 Å². The summed E-state index contributed by atoms with van der Waals surface area (Å²) < 4.78 is 0. The van der Waals surface area contributed by atoms with Crippen LogP contribution in [-0.2, 0) is 0 Å². The molecule has 1 N–H and O–H groups in total. The molecule has 1 unspecified atom stereocenters. The topological polar surface area (TPSA) is 20.2 Å². The molecule has 1 aromatic carbocycles. The van der Waals surface area contributed by atoms with Crippen LogP contribution in [-0.4, -0.2) is 11.7 Å². The van der Waals surface area contributed by atoms with Crippen LogP contribution in [0, 0.1) is 6.92 Å². The molecule has 0 aliphatic heterocycles. The minimum Gasteiger partial charge on any atom is -0.396 e. The first-order chi connectivity index (χ1) is 5.79. The average Bonchev–Trinajstić information content (AvgIpc) is 2.10. The molecule has 66 valence electrons. The average molecular weight is 164 g/mol. The fourth-order valence-electron chi connectivity index (χ4n) is 1.49. The molecule has 0 radical (unpaired) electrons. The monoisotopic (exact) mass is 164 g/mol. The van der Waals surface area contributed by atoms with Gasteiger partial charge in [-0.15, -0.1) is 0 Å². The fourth-order valence-corrected chi connectivity index (χ4v) is 1.49. The van der Waals surface area contributed by atoms with Crippen molar-refractivity contribution in [1.29, 1.82) is 0 Å². The summed E-state index contributed by atoms with van der Waals surface area (Å²) in [6.45, 7) is 4.45. The molecular formula is C11H16O. The number of rotatable bonds is 3. The third-order valence-electron chi connectivity index (χ3n) is 2.34. The van der Waals surface area contributed by atoms with Crippen molar-refractivity contribution in [3.63, 3.8) is 0 Å².